The summed E-state index contributed by atoms with van der Waals surface area (Å²) >= 11 is 0. The Balaban J connectivity index is 2.10. The molecule has 1 N–H and O–H groups in total. The van der Waals surface area contributed by atoms with Gasteiger partial charge in [0.15, 0.2) is 9.84 Å². The summed E-state index contributed by atoms with van der Waals surface area (Å²) in [4.78, 5) is 14.2. The Hall–Kier alpha value is -0.620. The third kappa shape index (κ3) is 3.28. The van der Waals surface area contributed by atoms with Crippen LogP contribution in [0.1, 0.15) is 32.6 Å². The van der Waals surface area contributed by atoms with Gasteiger partial charge in [-0.2, -0.15) is 0 Å². The summed E-state index contributed by atoms with van der Waals surface area (Å²) in [6, 6.07) is -0.158. The lowest BCUT2D eigenvalue weighted by Gasteiger charge is -2.27. The maximum Gasteiger partial charge on any atom is 0.239 e. The van der Waals surface area contributed by atoms with Crippen molar-refractivity contribution in [3.8, 4) is 0 Å². The maximum absolute atomic E-state index is 12.4. The molecular formula is C13H24N2O3S. The van der Waals surface area contributed by atoms with Crippen LogP contribution >= 0.6 is 0 Å². The van der Waals surface area contributed by atoms with Gasteiger partial charge in [-0.3, -0.25) is 4.79 Å². The van der Waals surface area contributed by atoms with Crippen molar-refractivity contribution in [3.05, 3.63) is 0 Å². The number of hydrogen-bond donors (Lipinski definition) is 1. The first-order valence-corrected chi connectivity index (χ1v) is 8.83. The molecule has 3 atom stereocenters. The van der Waals surface area contributed by atoms with Crippen LogP contribution in [-0.4, -0.2) is 56.4 Å². The van der Waals surface area contributed by atoms with E-state index in [1.54, 1.807) is 11.9 Å². The monoisotopic (exact) mass is 288 g/mol. The summed E-state index contributed by atoms with van der Waals surface area (Å²) < 4.78 is 23.8. The Morgan fingerprint density at radius 1 is 1.32 bits per heavy atom. The summed E-state index contributed by atoms with van der Waals surface area (Å²) in [5.41, 5.74) is 0. The molecule has 19 heavy (non-hydrogen) atoms. The molecule has 110 valence electrons. The van der Waals surface area contributed by atoms with Crippen molar-refractivity contribution < 1.29 is 13.2 Å². The Morgan fingerprint density at radius 2 is 2.05 bits per heavy atom. The van der Waals surface area contributed by atoms with E-state index in [0.717, 1.165) is 19.3 Å². The number of sulfone groups is 1. The molecule has 0 spiro atoms. The second kappa shape index (κ2) is 5.79. The fourth-order valence-electron chi connectivity index (χ4n) is 3.09. The first-order chi connectivity index (χ1) is 8.94. The van der Waals surface area contributed by atoms with Crippen LogP contribution in [0.15, 0.2) is 0 Å². The number of rotatable bonds is 3. The van der Waals surface area contributed by atoms with Crippen LogP contribution in [0.2, 0.25) is 0 Å². The smallest absolute Gasteiger partial charge is 0.239 e. The zero-order chi connectivity index (χ0) is 14.0. The molecule has 6 heteroatoms. The highest BCUT2D eigenvalue weighted by Gasteiger charge is 2.36. The van der Waals surface area contributed by atoms with Gasteiger partial charge in [-0.15, -0.1) is 0 Å². The van der Waals surface area contributed by atoms with Gasteiger partial charge in [-0.25, -0.2) is 8.42 Å². The molecule has 2 heterocycles. The minimum atomic E-state index is -2.98. The zero-order valence-electron chi connectivity index (χ0n) is 11.8. The molecule has 5 nitrogen and oxygen atoms in total. The highest BCUT2D eigenvalue weighted by molar-refractivity contribution is 7.92. The van der Waals surface area contributed by atoms with E-state index in [2.05, 4.69) is 12.2 Å². The number of nitrogens with zero attached hydrogens (tertiary/aromatic N) is 1. The second-order valence-electron chi connectivity index (χ2n) is 5.90. The average molecular weight is 288 g/mol. The van der Waals surface area contributed by atoms with Gasteiger partial charge in [0.05, 0.1) is 17.0 Å². The summed E-state index contributed by atoms with van der Waals surface area (Å²) in [5.74, 6) is 0.783. The predicted octanol–water partition coefficient (Wildman–Crippen LogP) is 0.410. The molecule has 0 aliphatic carbocycles. The van der Waals surface area contributed by atoms with Crippen LogP contribution in [0.3, 0.4) is 0 Å². The van der Waals surface area contributed by atoms with E-state index in [1.165, 1.54) is 0 Å². The van der Waals surface area contributed by atoms with Gasteiger partial charge < -0.3 is 10.2 Å². The largest absolute Gasteiger partial charge is 0.340 e. The fourth-order valence-corrected chi connectivity index (χ4v) is 4.93. The van der Waals surface area contributed by atoms with E-state index < -0.39 is 9.84 Å². The summed E-state index contributed by atoms with van der Waals surface area (Å²) in [6.07, 6.45) is 3.28. The Labute approximate surface area is 115 Å². The lowest BCUT2D eigenvalue weighted by atomic mass is 10.0. The van der Waals surface area contributed by atoms with E-state index in [4.69, 9.17) is 0 Å². The molecule has 0 saturated carbocycles. The van der Waals surface area contributed by atoms with Crippen molar-refractivity contribution in [2.45, 2.75) is 43.9 Å². The van der Waals surface area contributed by atoms with E-state index in [0.29, 0.717) is 25.4 Å². The maximum atomic E-state index is 12.4. The van der Waals surface area contributed by atoms with Crippen molar-refractivity contribution in [1.82, 2.24) is 10.2 Å². The van der Waals surface area contributed by atoms with Crippen LogP contribution in [0, 0.1) is 5.92 Å². The van der Waals surface area contributed by atoms with Gasteiger partial charge in [-0.1, -0.05) is 6.92 Å². The van der Waals surface area contributed by atoms with Crippen molar-refractivity contribution in [3.63, 3.8) is 0 Å². The lowest BCUT2D eigenvalue weighted by molar-refractivity contribution is -0.133. The molecule has 0 radical (unpaired) electrons. The van der Waals surface area contributed by atoms with Gasteiger partial charge in [0, 0.05) is 13.1 Å². The molecule has 2 aliphatic rings. The van der Waals surface area contributed by atoms with E-state index in [-0.39, 0.29) is 23.0 Å². The van der Waals surface area contributed by atoms with Crippen LogP contribution in [0.5, 0.6) is 0 Å². The second-order valence-corrected chi connectivity index (χ2v) is 8.30. The number of carbonyl (C=O) groups is 1. The molecule has 2 rings (SSSR count). The van der Waals surface area contributed by atoms with Crippen LogP contribution < -0.4 is 5.32 Å². The third-order valence-corrected chi connectivity index (χ3v) is 6.58. The Bertz CT molecular complexity index is 435. The van der Waals surface area contributed by atoms with Gasteiger partial charge in [0.25, 0.3) is 0 Å². The molecule has 0 aromatic carbocycles. The first-order valence-electron chi connectivity index (χ1n) is 7.11. The number of amides is 1. The van der Waals surface area contributed by atoms with Gasteiger partial charge in [0.2, 0.25) is 5.91 Å². The lowest BCUT2D eigenvalue weighted by Crippen LogP contribution is -2.47. The quantitative estimate of drug-likeness (QED) is 0.817. The number of likely N-dealkylation sites (tertiary alicyclic amines) is 1. The van der Waals surface area contributed by atoms with E-state index in [9.17, 15) is 13.2 Å². The SMILES string of the molecule is CNC1CCC(C)CN(CC2CCCS2(=O)=O)C1=O. The normalized spacial score (nSPS) is 35.4. The minimum Gasteiger partial charge on any atom is -0.340 e. The fraction of sp³-hybridized carbons (Fsp3) is 0.923. The molecular weight excluding hydrogens is 264 g/mol. The van der Waals surface area contributed by atoms with E-state index >= 15 is 0 Å². The van der Waals surface area contributed by atoms with Crippen molar-refractivity contribution in [1.29, 1.82) is 0 Å². The predicted molar refractivity (Wildman–Crippen MR) is 74.6 cm³/mol. The molecule has 2 fully saturated rings. The van der Waals surface area contributed by atoms with Gasteiger partial charge in [0.1, 0.15) is 0 Å². The number of likely N-dealkylation sites (N-methyl/N-ethyl adjacent to an activating group) is 1. The Kier molecular flexibility index (Phi) is 4.50. The van der Waals surface area contributed by atoms with E-state index in [1.807, 2.05) is 0 Å². The molecule has 2 saturated heterocycles. The molecule has 0 bridgehead atoms. The van der Waals surface area contributed by atoms with Crippen LogP contribution in [-0.2, 0) is 14.6 Å². The number of hydrogen-bond acceptors (Lipinski definition) is 4. The summed E-state index contributed by atoms with van der Waals surface area (Å²) in [6.45, 7) is 3.19. The summed E-state index contributed by atoms with van der Waals surface area (Å²) in [7, 11) is -1.18. The highest BCUT2D eigenvalue weighted by atomic mass is 32.2. The molecule has 0 aromatic rings. The Morgan fingerprint density at radius 3 is 2.63 bits per heavy atom. The van der Waals surface area contributed by atoms with Crippen LogP contribution in [0.25, 0.3) is 0 Å². The minimum absolute atomic E-state index is 0.0638. The highest BCUT2D eigenvalue weighted by Crippen LogP contribution is 2.24. The number of carbonyl (C=O) groups excluding carboxylic acids is 1. The van der Waals surface area contributed by atoms with Crippen molar-refractivity contribution in [2.24, 2.45) is 5.92 Å². The van der Waals surface area contributed by atoms with Gasteiger partial charge in [-0.05, 0) is 38.6 Å². The number of nitrogens with one attached hydrogen (secondary N) is 1. The standard InChI is InChI=1S/C13H24N2O3S/c1-10-5-6-12(14-2)13(16)15(8-10)9-11-4-3-7-19(11,17)18/h10-12,14H,3-9H2,1-2H3. The summed E-state index contributed by atoms with van der Waals surface area (Å²) in [5, 5.41) is 2.70. The van der Waals surface area contributed by atoms with Gasteiger partial charge >= 0.3 is 0 Å². The van der Waals surface area contributed by atoms with Crippen LogP contribution in [0.4, 0.5) is 0 Å². The molecule has 1 amide bonds. The topological polar surface area (TPSA) is 66.5 Å². The average Bonchev–Trinajstić information content (AvgIpc) is 2.60. The molecule has 0 aromatic heterocycles. The first kappa shape index (κ1) is 14.8. The molecule has 2 aliphatic heterocycles. The zero-order valence-corrected chi connectivity index (χ0v) is 12.6. The van der Waals surface area contributed by atoms with Crippen molar-refractivity contribution >= 4 is 15.7 Å². The molecule has 3 unspecified atom stereocenters. The van der Waals surface area contributed by atoms with Crippen molar-refractivity contribution in [2.75, 3.05) is 25.9 Å². The third-order valence-electron chi connectivity index (χ3n) is 4.33.